The van der Waals surface area contributed by atoms with Crippen LogP contribution in [0.4, 0.5) is 23.0 Å². The van der Waals surface area contributed by atoms with Crippen LogP contribution in [0.3, 0.4) is 0 Å². The smallest absolute Gasteiger partial charge is 0.269 e. The summed E-state index contributed by atoms with van der Waals surface area (Å²) in [6.07, 6.45) is 3.57. The van der Waals surface area contributed by atoms with Gasteiger partial charge in [0, 0.05) is 47.0 Å². The number of rotatable bonds is 7. The summed E-state index contributed by atoms with van der Waals surface area (Å²) in [4.78, 5) is 32.4. The number of nitrogens with one attached hydrogen (secondary N) is 2. The van der Waals surface area contributed by atoms with E-state index in [-0.39, 0.29) is 11.6 Å². The molecule has 10 heteroatoms. The number of hydrogen-bond acceptors (Lipinski definition) is 7. The Labute approximate surface area is 228 Å². The van der Waals surface area contributed by atoms with Gasteiger partial charge in [-0.3, -0.25) is 14.9 Å². The number of carbonyl (C=O) groups is 1. The monoisotopic (exact) mass is 527 g/mol. The zero-order valence-corrected chi connectivity index (χ0v) is 20.9. The SMILES string of the molecule is O=C(Nc1cccc(-c2nn3ccccc3c2-c2ccnc(Nc3ccccc3)n2)c1)c1ccc([N+](=O)[O-])cc1. The lowest BCUT2D eigenvalue weighted by molar-refractivity contribution is -0.384. The van der Waals surface area contributed by atoms with Crippen molar-refractivity contribution in [2.24, 2.45) is 0 Å². The first-order valence-electron chi connectivity index (χ1n) is 12.3. The molecule has 0 saturated carbocycles. The molecule has 0 aliphatic rings. The predicted molar refractivity (Wildman–Crippen MR) is 152 cm³/mol. The Morgan fingerprint density at radius 1 is 0.850 bits per heavy atom. The second-order valence-corrected chi connectivity index (χ2v) is 8.85. The lowest BCUT2D eigenvalue weighted by atomic mass is 10.0. The molecule has 3 aromatic carbocycles. The van der Waals surface area contributed by atoms with Crippen molar-refractivity contribution in [2.75, 3.05) is 10.6 Å². The number of amides is 1. The van der Waals surface area contributed by atoms with Crippen molar-refractivity contribution in [3.63, 3.8) is 0 Å². The minimum atomic E-state index is -0.504. The molecular weight excluding hydrogens is 506 g/mol. The molecule has 0 radical (unpaired) electrons. The molecule has 0 spiro atoms. The molecule has 0 aliphatic carbocycles. The van der Waals surface area contributed by atoms with Crippen LogP contribution >= 0.6 is 0 Å². The fraction of sp³-hybridized carbons (Fsp3) is 0. The molecule has 0 unspecified atom stereocenters. The first-order valence-corrected chi connectivity index (χ1v) is 12.3. The quantitative estimate of drug-likeness (QED) is 0.183. The number of para-hydroxylation sites is 1. The number of non-ortho nitro benzene ring substituents is 1. The van der Waals surface area contributed by atoms with Crippen LogP contribution in [0.2, 0.25) is 0 Å². The van der Waals surface area contributed by atoms with E-state index in [9.17, 15) is 14.9 Å². The van der Waals surface area contributed by atoms with E-state index in [1.54, 1.807) is 16.8 Å². The second kappa shape index (κ2) is 10.5. The number of fused-ring (bicyclic) bond motifs is 1. The van der Waals surface area contributed by atoms with E-state index in [2.05, 4.69) is 15.6 Å². The van der Waals surface area contributed by atoms with Gasteiger partial charge in [-0.05, 0) is 54.6 Å². The molecule has 3 heterocycles. The zero-order valence-electron chi connectivity index (χ0n) is 20.9. The van der Waals surface area contributed by atoms with Crippen LogP contribution in [0.1, 0.15) is 10.4 Å². The average molecular weight is 528 g/mol. The molecule has 194 valence electrons. The lowest BCUT2D eigenvalue weighted by Gasteiger charge is -2.09. The number of anilines is 3. The van der Waals surface area contributed by atoms with Crippen LogP contribution in [0.5, 0.6) is 0 Å². The van der Waals surface area contributed by atoms with Gasteiger partial charge in [0.15, 0.2) is 0 Å². The van der Waals surface area contributed by atoms with E-state index < -0.39 is 4.92 Å². The minimum absolute atomic E-state index is 0.0789. The molecule has 2 N–H and O–H groups in total. The highest BCUT2D eigenvalue weighted by atomic mass is 16.6. The van der Waals surface area contributed by atoms with Crippen LogP contribution in [0.15, 0.2) is 116 Å². The Bertz CT molecular complexity index is 1850. The van der Waals surface area contributed by atoms with Gasteiger partial charge in [0.25, 0.3) is 11.6 Å². The maximum absolute atomic E-state index is 12.8. The van der Waals surface area contributed by atoms with Crippen LogP contribution in [0.25, 0.3) is 28.0 Å². The van der Waals surface area contributed by atoms with E-state index >= 15 is 0 Å². The topological polar surface area (TPSA) is 127 Å². The Hall–Kier alpha value is -5.90. The molecule has 6 rings (SSSR count). The van der Waals surface area contributed by atoms with Gasteiger partial charge < -0.3 is 10.6 Å². The normalized spacial score (nSPS) is 10.8. The highest BCUT2D eigenvalue weighted by molar-refractivity contribution is 6.04. The largest absolute Gasteiger partial charge is 0.324 e. The molecule has 3 aromatic heterocycles. The predicted octanol–water partition coefficient (Wildman–Crippen LogP) is 6.36. The van der Waals surface area contributed by atoms with Crippen LogP contribution in [-0.4, -0.2) is 30.4 Å². The molecule has 0 bridgehead atoms. The Balaban J connectivity index is 1.35. The number of nitro groups is 1. The van der Waals surface area contributed by atoms with E-state index in [4.69, 9.17) is 10.1 Å². The molecule has 40 heavy (non-hydrogen) atoms. The van der Waals surface area contributed by atoms with Gasteiger partial charge in [0.2, 0.25) is 5.95 Å². The fourth-order valence-electron chi connectivity index (χ4n) is 4.34. The van der Waals surface area contributed by atoms with Crippen molar-refractivity contribution >= 4 is 34.4 Å². The summed E-state index contributed by atoms with van der Waals surface area (Å²) in [6.45, 7) is 0. The number of nitrogens with zero attached hydrogens (tertiary/aromatic N) is 5. The lowest BCUT2D eigenvalue weighted by Crippen LogP contribution is -2.11. The summed E-state index contributed by atoms with van der Waals surface area (Å²) in [5.74, 6) is 0.0729. The summed E-state index contributed by atoms with van der Waals surface area (Å²) >= 11 is 0. The Kier molecular flexibility index (Phi) is 6.39. The van der Waals surface area contributed by atoms with Crippen molar-refractivity contribution in [1.82, 2.24) is 19.6 Å². The fourth-order valence-corrected chi connectivity index (χ4v) is 4.34. The molecule has 0 atom stereocenters. The molecule has 0 aliphatic heterocycles. The standard InChI is InChI=1S/C30H21N7O3/c38-29(20-12-14-24(15-13-20)37(39)40)32-23-10-6-7-21(19-23)28-27(26-11-4-5-18-36(26)35-28)25-16-17-31-30(34-25)33-22-8-2-1-3-9-22/h1-19H,(H,32,38)(H,31,33,34). The molecular formula is C30H21N7O3. The number of benzene rings is 3. The summed E-state index contributed by atoms with van der Waals surface area (Å²) < 4.78 is 1.79. The first kappa shape index (κ1) is 24.4. The Morgan fingerprint density at radius 3 is 2.42 bits per heavy atom. The van der Waals surface area contributed by atoms with Gasteiger partial charge in [-0.2, -0.15) is 5.10 Å². The molecule has 1 amide bonds. The van der Waals surface area contributed by atoms with Gasteiger partial charge in [-0.25, -0.2) is 14.5 Å². The number of aromatic nitrogens is 4. The van der Waals surface area contributed by atoms with E-state index in [1.165, 1.54) is 24.3 Å². The molecule has 6 aromatic rings. The maximum Gasteiger partial charge on any atom is 0.269 e. The van der Waals surface area contributed by atoms with Crippen molar-refractivity contribution in [2.45, 2.75) is 0 Å². The van der Waals surface area contributed by atoms with Gasteiger partial charge >= 0.3 is 0 Å². The van der Waals surface area contributed by atoms with E-state index in [1.807, 2.05) is 79.0 Å². The molecule has 0 saturated heterocycles. The zero-order chi connectivity index (χ0) is 27.5. The molecule has 10 nitrogen and oxygen atoms in total. The molecule has 0 fully saturated rings. The van der Waals surface area contributed by atoms with Crippen LogP contribution in [-0.2, 0) is 0 Å². The summed E-state index contributed by atoms with van der Waals surface area (Å²) in [6, 6.07) is 30.1. The van der Waals surface area contributed by atoms with E-state index in [0.717, 1.165) is 22.3 Å². The number of carbonyl (C=O) groups excluding carboxylic acids is 1. The highest BCUT2D eigenvalue weighted by Gasteiger charge is 2.19. The highest BCUT2D eigenvalue weighted by Crippen LogP contribution is 2.35. The number of pyridine rings is 1. The second-order valence-electron chi connectivity index (χ2n) is 8.85. The van der Waals surface area contributed by atoms with E-state index in [0.29, 0.717) is 28.6 Å². The van der Waals surface area contributed by atoms with Crippen molar-refractivity contribution in [3.05, 3.63) is 131 Å². The average Bonchev–Trinajstić information content (AvgIpc) is 3.38. The third-order valence-corrected chi connectivity index (χ3v) is 6.22. The van der Waals surface area contributed by atoms with Crippen LogP contribution < -0.4 is 10.6 Å². The summed E-state index contributed by atoms with van der Waals surface area (Å²) in [5.41, 5.74) is 5.48. The number of nitro benzene ring substituents is 1. The van der Waals surface area contributed by atoms with Crippen LogP contribution in [0, 0.1) is 10.1 Å². The van der Waals surface area contributed by atoms with Gasteiger partial charge in [-0.1, -0.05) is 36.4 Å². The summed E-state index contributed by atoms with van der Waals surface area (Å²) in [5, 5.41) is 21.9. The van der Waals surface area contributed by atoms with Crippen molar-refractivity contribution in [3.8, 4) is 22.5 Å². The Morgan fingerprint density at radius 2 is 1.62 bits per heavy atom. The van der Waals surface area contributed by atoms with Crippen molar-refractivity contribution < 1.29 is 9.72 Å². The third-order valence-electron chi connectivity index (χ3n) is 6.22. The summed E-state index contributed by atoms with van der Waals surface area (Å²) in [7, 11) is 0. The van der Waals surface area contributed by atoms with Gasteiger partial charge in [0.05, 0.1) is 21.7 Å². The third kappa shape index (κ3) is 4.96. The van der Waals surface area contributed by atoms with Gasteiger partial charge in [-0.15, -0.1) is 0 Å². The van der Waals surface area contributed by atoms with Gasteiger partial charge in [0.1, 0.15) is 5.69 Å². The number of hydrogen-bond donors (Lipinski definition) is 2. The maximum atomic E-state index is 12.8. The van der Waals surface area contributed by atoms with Crippen molar-refractivity contribution in [1.29, 1.82) is 0 Å². The minimum Gasteiger partial charge on any atom is -0.324 e. The first-order chi connectivity index (χ1) is 19.5.